The van der Waals surface area contributed by atoms with Crippen molar-refractivity contribution in [1.82, 2.24) is 14.9 Å². The van der Waals surface area contributed by atoms with E-state index in [1.165, 1.54) is 11.1 Å². The van der Waals surface area contributed by atoms with Crippen LogP contribution >= 0.6 is 0 Å². The van der Waals surface area contributed by atoms with Gasteiger partial charge in [-0.3, -0.25) is 14.8 Å². The minimum absolute atomic E-state index is 0.107. The van der Waals surface area contributed by atoms with Gasteiger partial charge in [0.15, 0.2) is 0 Å². The second-order valence-electron chi connectivity index (χ2n) is 10.2. The molecule has 10 heteroatoms. The van der Waals surface area contributed by atoms with Crippen LogP contribution in [0, 0.1) is 0 Å². The largest absolute Gasteiger partial charge is 0.456 e. The Bertz CT molecular complexity index is 1260. The van der Waals surface area contributed by atoms with Gasteiger partial charge in [-0.2, -0.15) is 0 Å². The lowest BCUT2D eigenvalue weighted by molar-refractivity contribution is 0.0125. The highest BCUT2D eigenvalue weighted by molar-refractivity contribution is 5.98. The standard InChI is InChI=1S/C28H32FN5O4/c1-28(2,3)38-27(36)34-12-10-24(23(29)17-34)33-25-14-19(32-16-22(25)26(30)35)13-18-6-8-20(9-7-18)37-21-5-4-11-31-15-21/h4-9,11,14-16,23-24H,10,12-13,17H2,1-3H3,(H2,30,35)(H,32,33)/t23-,24+/m0/s1. The van der Waals surface area contributed by atoms with E-state index in [9.17, 15) is 9.59 Å². The van der Waals surface area contributed by atoms with Crippen LogP contribution in [-0.2, 0) is 11.2 Å². The first-order valence-corrected chi connectivity index (χ1v) is 12.4. The molecule has 3 N–H and O–H groups in total. The number of piperidine rings is 1. The molecule has 9 nitrogen and oxygen atoms in total. The molecule has 0 unspecified atom stereocenters. The van der Waals surface area contributed by atoms with Crippen molar-refractivity contribution in [1.29, 1.82) is 0 Å². The second-order valence-corrected chi connectivity index (χ2v) is 10.2. The van der Waals surface area contributed by atoms with E-state index in [0.717, 1.165) is 5.56 Å². The number of carbonyl (C=O) groups excluding carboxylic acids is 2. The van der Waals surface area contributed by atoms with E-state index in [0.29, 0.717) is 42.3 Å². The van der Waals surface area contributed by atoms with Crippen LogP contribution in [0.2, 0.25) is 0 Å². The van der Waals surface area contributed by atoms with E-state index in [-0.39, 0.29) is 12.1 Å². The van der Waals surface area contributed by atoms with E-state index in [4.69, 9.17) is 15.2 Å². The number of halogens is 1. The molecule has 1 aromatic carbocycles. The highest BCUT2D eigenvalue weighted by Gasteiger charge is 2.34. The molecule has 3 aromatic rings. The van der Waals surface area contributed by atoms with Crippen molar-refractivity contribution in [3.05, 3.63) is 77.9 Å². The third-order valence-electron chi connectivity index (χ3n) is 5.94. The maximum Gasteiger partial charge on any atom is 0.410 e. The minimum Gasteiger partial charge on any atom is -0.456 e. The summed E-state index contributed by atoms with van der Waals surface area (Å²) in [4.78, 5) is 34.2. The molecular formula is C28H32FN5O4. The van der Waals surface area contributed by atoms with Gasteiger partial charge in [-0.05, 0) is 63.1 Å². The maximum atomic E-state index is 15.1. The molecule has 2 amide bonds. The van der Waals surface area contributed by atoms with Crippen molar-refractivity contribution in [3.8, 4) is 11.5 Å². The first-order chi connectivity index (χ1) is 18.1. The number of hydrogen-bond acceptors (Lipinski definition) is 7. The summed E-state index contributed by atoms with van der Waals surface area (Å²) in [7, 11) is 0. The summed E-state index contributed by atoms with van der Waals surface area (Å²) in [6.07, 6.45) is 3.64. The van der Waals surface area contributed by atoms with Gasteiger partial charge in [0.25, 0.3) is 5.91 Å². The van der Waals surface area contributed by atoms with Crippen LogP contribution in [0.4, 0.5) is 14.9 Å². The lowest BCUT2D eigenvalue weighted by Crippen LogP contribution is -2.51. The number of nitrogens with two attached hydrogens (primary N) is 1. The molecule has 1 saturated heterocycles. The van der Waals surface area contributed by atoms with Crippen molar-refractivity contribution in [2.24, 2.45) is 5.73 Å². The average molecular weight is 522 g/mol. The van der Waals surface area contributed by atoms with Gasteiger partial charge in [0, 0.05) is 31.1 Å². The predicted octanol–water partition coefficient (Wildman–Crippen LogP) is 4.72. The first-order valence-electron chi connectivity index (χ1n) is 12.4. The lowest BCUT2D eigenvalue weighted by atomic mass is 10.0. The van der Waals surface area contributed by atoms with E-state index in [1.54, 1.807) is 45.3 Å². The number of likely N-dealkylation sites (tertiary alicyclic amines) is 1. The fraction of sp³-hybridized carbons (Fsp3) is 0.357. The fourth-order valence-electron chi connectivity index (χ4n) is 4.10. The number of alkyl halides is 1. The number of pyridine rings is 2. The number of primary amides is 1. The summed E-state index contributed by atoms with van der Waals surface area (Å²) in [5, 5.41) is 3.13. The predicted molar refractivity (Wildman–Crippen MR) is 141 cm³/mol. The molecule has 4 rings (SSSR count). The van der Waals surface area contributed by atoms with Gasteiger partial charge in [-0.25, -0.2) is 9.18 Å². The van der Waals surface area contributed by atoms with Crippen LogP contribution in [0.15, 0.2) is 61.1 Å². The molecule has 0 bridgehead atoms. The van der Waals surface area contributed by atoms with Gasteiger partial charge in [0.2, 0.25) is 0 Å². The number of carbonyl (C=O) groups is 2. The van der Waals surface area contributed by atoms with Crippen molar-refractivity contribution in [2.45, 2.75) is 51.4 Å². The molecule has 1 aliphatic heterocycles. The Morgan fingerprint density at radius 3 is 2.55 bits per heavy atom. The Labute approximate surface area is 221 Å². The van der Waals surface area contributed by atoms with Crippen molar-refractivity contribution in [3.63, 3.8) is 0 Å². The number of anilines is 1. The van der Waals surface area contributed by atoms with Gasteiger partial charge in [0.05, 0.1) is 30.0 Å². The highest BCUT2D eigenvalue weighted by Crippen LogP contribution is 2.25. The number of nitrogens with zero attached hydrogens (tertiary/aromatic N) is 3. The van der Waals surface area contributed by atoms with Crippen molar-refractivity contribution >= 4 is 17.7 Å². The molecule has 2 aromatic heterocycles. The molecule has 38 heavy (non-hydrogen) atoms. The normalized spacial score (nSPS) is 17.5. The zero-order chi connectivity index (χ0) is 27.3. The van der Waals surface area contributed by atoms with Gasteiger partial charge in [0.1, 0.15) is 23.3 Å². The molecule has 1 aliphatic rings. The maximum absolute atomic E-state index is 15.1. The Morgan fingerprint density at radius 2 is 1.92 bits per heavy atom. The Hall–Kier alpha value is -4.21. The molecular weight excluding hydrogens is 489 g/mol. The van der Waals surface area contributed by atoms with Gasteiger partial charge in [-0.1, -0.05) is 12.1 Å². The summed E-state index contributed by atoms with van der Waals surface area (Å²) >= 11 is 0. The number of ether oxygens (including phenoxy) is 2. The third kappa shape index (κ3) is 7.18. The summed E-state index contributed by atoms with van der Waals surface area (Å²) in [5.41, 5.74) is 7.15. The van der Waals surface area contributed by atoms with Crippen LogP contribution in [0.1, 0.15) is 48.8 Å². The molecule has 3 heterocycles. The van der Waals surface area contributed by atoms with Gasteiger partial charge >= 0.3 is 6.09 Å². The van der Waals surface area contributed by atoms with E-state index < -0.39 is 29.8 Å². The molecule has 2 atom stereocenters. The monoisotopic (exact) mass is 521 g/mol. The van der Waals surface area contributed by atoms with E-state index in [2.05, 4.69) is 15.3 Å². The molecule has 0 spiro atoms. The quantitative estimate of drug-likeness (QED) is 0.462. The zero-order valence-electron chi connectivity index (χ0n) is 21.7. The summed E-state index contributed by atoms with van der Waals surface area (Å²) < 4.78 is 26.2. The number of rotatable bonds is 7. The number of aromatic nitrogens is 2. The number of benzene rings is 1. The van der Waals surface area contributed by atoms with Gasteiger partial charge in [-0.15, -0.1) is 0 Å². The molecule has 1 fully saturated rings. The number of nitrogens with one attached hydrogen (secondary N) is 1. The van der Waals surface area contributed by atoms with E-state index in [1.807, 2.05) is 30.3 Å². The summed E-state index contributed by atoms with van der Waals surface area (Å²) in [6, 6.07) is 12.3. The van der Waals surface area contributed by atoms with E-state index >= 15 is 4.39 Å². The number of hydrogen-bond donors (Lipinski definition) is 2. The molecule has 0 saturated carbocycles. The number of amides is 2. The van der Waals surface area contributed by atoms with Crippen LogP contribution < -0.4 is 15.8 Å². The smallest absolute Gasteiger partial charge is 0.410 e. The third-order valence-corrected chi connectivity index (χ3v) is 5.94. The topological polar surface area (TPSA) is 120 Å². The Balaban J connectivity index is 1.42. The van der Waals surface area contributed by atoms with Crippen LogP contribution in [-0.4, -0.2) is 57.8 Å². The van der Waals surface area contributed by atoms with Crippen LogP contribution in [0.3, 0.4) is 0 Å². The summed E-state index contributed by atoms with van der Waals surface area (Å²) in [5.74, 6) is 0.653. The fourth-order valence-corrected chi connectivity index (χ4v) is 4.10. The van der Waals surface area contributed by atoms with Crippen molar-refractivity contribution in [2.75, 3.05) is 18.4 Å². The molecule has 0 aliphatic carbocycles. The molecule has 0 radical (unpaired) electrons. The second kappa shape index (κ2) is 11.5. The zero-order valence-corrected chi connectivity index (χ0v) is 21.7. The first kappa shape index (κ1) is 26.8. The lowest BCUT2D eigenvalue weighted by Gasteiger charge is -2.36. The highest BCUT2D eigenvalue weighted by atomic mass is 19.1. The summed E-state index contributed by atoms with van der Waals surface area (Å²) in [6.45, 7) is 5.52. The average Bonchev–Trinajstić information content (AvgIpc) is 2.86. The van der Waals surface area contributed by atoms with Crippen LogP contribution in [0.5, 0.6) is 11.5 Å². The molecule has 200 valence electrons. The van der Waals surface area contributed by atoms with Crippen LogP contribution in [0.25, 0.3) is 0 Å². The Morgan fingerprint density at radius 1 is 1.16 bits per heavy atom. The SMILES string of the molecule is CC(C)(C)OC(=O)N1CC[C@@H](Nc2cc(Cc3ccc(Oc4cccnc4)cc3)ncc2C(N)=O)[C@@H](F)C1. The minimum atomic E-state index is -1.36. The van der Waals surface area contributed by atoms with Gasteiger partial charge < -0.3 is 25.4 Å². The Kier molecular flexibility index (Phi) is 8.09. The van der Waals surface area contributed by atoms with Crippen molar-refractivity contribution < 1.29 is 23.5 Å².